The quantitative estimate of drug-likeness (QED) is 0.609. The van der Waals surface area contributed by atoms with Gasteiger partial charge in [0, 0.05) is 24.1 Å². The van der Waals surface area contributed by atoms with Crippen molar-refractivity contribution < 1.29 is 19.4 Å². The molecule has 2 N–H and O–H groups in total. The lowest BCUT2D eigenvalue weighted by Gasteiger charge is -2.20. The number of fused-ring (bicyclic) bond motifs is 3. The van der Waals surface area contributed by atoms with Crippen LogP contribution in [0.3, 0.4) is 0 Å². The van der Waals surface area contributed by atoms with Gasteiger partial charge in [-0.05, 0) is 43.0 Å². The second-order valence-corrected chi connectivity index (χ2v) is 9.01. The Morgan fingerprint density at radius 1 is 1.09 bits per heavy atom. The van der Waals surface area contributed by atoms with Crippen molar-refractivity contribution in [2.45, 2.75) is 44.7 Å². The summed E-state index contributed by atoms with van der Waals surface area (Å²) in [5.41, 5.74) is 4.90. The summed E-state index contributed by atoms with van der Waals surface area (Å²) >= 11 is 0. The van der Waals surface area contributed by atoms with Gasteiger partial charge in [0.1, 0.15) is 12.6 Å². The highest BCUT2D eigenvalue weighted by Gasteiger charge is 2.30. The monoisotopic (exact) mass is 433 g/mol. The molecule has 0 saturated heterocycles. The van der Waals surface area contributed by atoms with E-state index in [0.717, 1.165) is 22.3 Å². The first kappa shape index (κ1) is 21.6. The van der Waals surface area contributed by atoms with Gasteiger partial charge in [0.2, 0.25) is 0 Å². The molecular formula is C25H27N3O4. The standard InChI is InChI=1S/C25H27N3O4/c1-25(2,3)28-13-16(26-15-28)12-22(23(29)30)27-24(31)32-14-21-19-10-6-4-8-17(19)18-9-5-7-11-20(18)21/h4-11,13,15,21-22H,12,14H2,1-3H3,(H,27,31)(H,29,30). The Labute approximate surface area is 187 Å². The number of carboxylic acids is 1. The molecule has 166 valence electrons. The van der Waals surface area contributed by atoms with Crippen LogP contribution in [0.25, 0.3) is 11.1 Å². The molecule has 0 aliphatic heterocycles. The van der Waals surface area contributed by atoms with Crippen LogP contribution in [0.15, 0.2) is 61.1 Å². The molecular weight excluding hydrogens is 406 g/mol. The number of benzene rings is 2. The van der Waals surface area contributed by atoms with Crippen molar-refractivity contribution in [3.8, 4) is 11.1 Å². The van der Waals surface area contributed by atoms with Crippen molar-refractivity contribution in [1.29, 1.82) is 0 Å². The maximum Gasteiger partial charge on any atom is 0.407 e. The molecule has 1 aromatic heterocycles. The molecule has 0 spiro atoms. The molecule has 1 heterocycles. The first-order valence-electron chi connectivity index (χ1n) is 10.6. The van der Waals surface area contributed by atoms with Crippen LogP contribution < -0.4 is 5.32 Å². The van der Waals surface area contributed by atoms with E-state index in [-0.39, 0.29) is 24.5 Å². The summed E-state index contributed by atoms with van der Waals surface area (Å²) in [5, 5.41) is 12.1. The zero-order chi connectivity index (χ0) is 22.9. The number of hydrogen-bond acceptors (Lipinski definition) is 4. The van der Waals surface area contributed by atoms with Gasteiger partial charge in [0.15, 0.2) is 0 Å². The number of imidazole rings is 1. The lowest BCUT2D eigenvalue weighted by atomic mass is 9.98. The van der Waals surface area contributed by atoms with E-state index in [1.165, 1.54) is 0 Å². The minimum absolute atomic E-state index is 0.0720. The number of ether oxygens (including phenoxy) is 1. The average Bonchev–Trinajstić information content (AvgIpc) is 3.35. The first-order valence-corrected chi connectivity index (χ1v) is 10.6. The van der Waals surface area contributed by atoms with Crippen LogP contribution in [0.1, 0.15) is 43.5 Å². The van der Waals surface area contributed by atoms with Crippen molar-refractivity contribution in [2.24, 2.45) is 0 Å². The smallest absolute Gasteiger partial charge is 0.407 e. The summed E-state index contributed by atoms with van der Waals surface area (Å²) in [5.74, 6) is -1.22. The predicted molar refractivity (Wildman–Crippen MR) is 121 cm³/mol. The minimum Gasteiger partial charge on any atom is -0.480 e. The minimum atomic E-state index is -1.14. The number of alkyl carbamates (subject to hydrolysis) is 1. The Morgan fingerprint density at radius 3 is 2.22 bits per heavy atom. The molecule has 1 amide bonds. The Bertz CT molecular complexity index is 1100. The molecule has 0 bridgehead atoms. The molecule has 7 nitrogen and oxygen atoms in total. The zero-order valence-corrected chi connectivity index (χ0v) is 18.4. The lowest BCUT2D eigenvalue weighted by Crippen LogP contribution is -2.43. The molecule has 0 fully saturated rings. The summed E-state index contributed by atoms with van der Waals surface area (Å²) in [4.78, 5) is 28.5. The van der Waals surface area contributed by atoms with Gasteiger partial charge in [-0.2, -0.15) is 0 Å². The summed E-state index contributed by atoms with van der Waals surface area (Å²) in [6, 6.07) is 15.0. The van der Waals surface area contributed by atoms with Gasteiger partial charge in [0.25, 0.3) is 0 Å². The van der Waals surface area contributed by atoms with Crippen LogP contribution in [-0.4, -0.2) is 39.4 Å². The van der Waals surface area contributed by atoms with Crippen molar-refractivity contribution in [3.05, 3.63) is 77.9 Å². The Hall–Kier alpha value is -3.61. The van der Waals surface area contributed by atoms with Gasteiger partial charge < -0.3 is 19.7 Å². The van der Waals surface area contributed by atoms with Gasteiger partial charge in [-0.1, -0.05) is 48.5 Å². The van der Waals surface area contributed by atoms with Gasteiger partial charge in [0.05, 0.1) is 12.0 Å². The SMILES string of the molecule is CC(C)(C)n1cnc(CC(NC(=O)OCC2c3ccccc3-c3ccccc32)C(=O)O)c1. The Morgan fingerprint density at radius 2 is 1.69 bits per heavy atom. The van der Waals surface area contributed by atoms with Crippen LogP contribution in [0.4, 0.5) is 4.79 Å². The fourth-order valence-electron chi connectivity index (χ4n) is 4.03. The fraction of sp³-hybridized carbons (Fsp3) is 0.320. The maximum absolute atomic E-state index is 12.5. The average molecular weight is 434 g/mol. The molecule has 1 unspecified atom stereocenters. The van der Waals surface area contributed by atoms with E-state index >= 15 is 0 Å². The van der Waals surface area contributed by atoms with E-state index in [1.54, 1.807) is 12.5 Å². The van der Waals surface area contributed by atoms with Gasteiger partial charge in [-0.25, -0.2) is 14.6 Å². The van der Waals surface area contributed by atoms with Gasteiger partial charge >= 0.3 is 12.1 Å². The molecule has 2 aromatic carbocycles. The lowest BCUT2D eigenvalue weighted by molar-refractivity contribution is -0.139. The number of amides is 1. The summed E-state index contributed by atoms with van der Waals surface area (Å²) in [6.07, 6.45) is 2.79. The van der Waals surface area contributed by atoms with E-state index in [2.05, 4.69) is 22.4 Å². The van der Waals surface area contributed by atoms with E-state index in [4.69, 9.17) is 4.74 Å². The number of rotatable bonds is 6. The van der Waals surface area contributed by atoms with E-state index in [9.17, 15) is 14.7 Å². The van der Waals surface area contributed by atoms with Crippen molar-refractivity contribution in [1.82, 2.24) is 14.9 Å². The Balaban J connectivity index is 1.41. The first-order chi connectivity index (χ1) is 15.2. The second kappa shape index (κ2) is 8.49. The number of carbonyl (C=O) groups excluding carboxylic acids is 1. The highest BCUT2D eigenvalue weighted by atomic mass is 16.5. The number of carboxylic acid groups (broad SMARTS) is 1. The molecule has 0 radical (unpaired) electrons. The number of nitrogens with zero attached hydrogens (tertiary/aromatic N) is 2. The Kier molecular flexibility index (Phi) is 5.74. The van der Waals surface area contributed by atoms with Crippen molar-refractivity contribution in [3.63, 3.8) is 0 Å². The normalized spacial score (nSPS) is 13.8. The molecule has 7 heteroatoms. The number of nitrogens with one attached hydrogen (secondary N) is 1. The molecule has 1 aliphatic carbocycles. The highest BCUT2D eigenvalue weighted by Crippen LogP contribution is 2.44. The van der Waals surface area contributed by atoms with Crippen molar-refractivity contribution >= 4 is 12.1 Å². The third kappa shape index (κ3) is 4.37. The highest BCUT2D eigenvalue weighted by molar-refractivity contribution is 5.81. The number of hydrogen-bond donors (Lipinski definition) is 2. The fourth-order valence-corrected chi connectivity index (χ4v) is 4.03. The molecule has 3 aromatic rings. The van der Waals surface area contributed by atoms with E-state index < -0.39 is 18.1 Å². The third-order valence-corrected chi connectivity index (χ3v) is 5.76. The van der Waals surface area contributed by atoms with Gasteiger partial charge in [-0.3, -0.25) is 0 Å². The number of aromatic nitrogens is 2. The maximum atomic E-state index is 12.5. The van der Waals surface area contributed by atoms with E-state index in [1.807, 2.05) is 61.7 Å². The molecule has 1 atom stereocenters. The molecule has 1 aliphatic rings. The molecule has 4 rings (SSSR count). The molecule has 32 heavy (non-hydrogen) atoms. The van der Waals surface area contributed by atoms with Crippen LogP contribution >= 0.6 is 0 Å². The van der Waals surface area contributed by atoms with Gasteiger partial charge in [-0.15, -0.1) is 0 Å². The second-order valence-electron chi connectivity index (χ2n) is 9.01. The van der Waals surface area contributed by atoms with Crippen molar-refractivity contribution in [2.75, 3.05) is 6.61 Å². The largest absolute Gasteiger partial charge is 0.480 e. The predicted octanol–water partition coefficient (Wildman–Crippen LogP) is 4.17. The zero-order valence-electron chi connectivity index (χ0n) is 18.4. The summed E-state index contributed by atoms with van der Waals surface area (Å²) in [7, 11) is 0. The van der Waals surface area contributed by atoms with Crippen LogP contribution in [-0.2, 0) is 21.5 Å². The summed E-state index contributed by atoms with van der Waals surface area (Å²) in [6.45, 7) is 6.22. The number of aliphatic carboxylic acids is 1. The van der Waals surface area contributed by atoms with Crippen LogP contribution in [0.5, 0.6) is 0 Å². The third-order valence-electron chi connectivity index (χ3n) is 5.76. The van der Waals surface area contributed by atoms with Crippen LogP contribution in [0.2, 0.25) is 0 Å². The van der Waals surface area contributed by atoms with E-state index in [0.29, 0.717) is 5.69 Å². The summed E-state index contributed by atoms with van der Waals surface area (Å²) < 4.78 is 7.39. The number of carbonyl (C=O) groups is 2. The topological polar surface area (TPSA) is 93.5 Å². The molecule has 0 saturated carbocycles. The van der Waals surface area contributed by atoms with Crippen LogP contribution in [0, 0.1) is 0 Å².